The number of hydrogen-bond acceptors (Lipinski definition) is 1. The Bertz CT molecular complexity index is 363. The van der Waals surface area contributed by atoms with Crippen LogP contribution in [-0.4, -0.2) is 0 Å². The van der Waals surface area contributed by atoms with E-state index in [0.29, 0.717) is 4.47 Å². The van der Waals surface area contributed by atoms with Crippen molar-refractivity contribution < 1.29 is 8.78 Å². The van der Waals surface area contributed by atoms with E-state index >= 15 is 0 Å². The topological polar surface area (TPSA) is 23.8 Å². The van der Waals surface area contributed by atoms with E-state index in [4.69, 9.17) is 5.26 Å². The van der Waals surface area contributed by atoms with Crippen LogP contribution in [0.2, 0.25) is 0 Å². The summed E-state index contributed by atoms with van der Waals surface area (Å²) < 4.78 is 26.1. The molecule has 1 radical (unpaired) electrons. The minimum atomic E-state index is -3.22. The normalized spacial score (nSPS) is 11.0. The molecule has 1 aromatic carbocycles. The molecule has 67 valence electrons. The Labute approximate surface area is 83.1 Å². The number of hydrogen-bond donors (Lipinski definition) is 0. The molecular weight excluding hydrogens is 240 g/mol. The fourth-order valence-electron chi connectivity index (χ4n) is 0.928. The van der Waals surface area contributed by atoms with E-state index in [1.807, 2.05) is 0 Å². The van der Waals surface area contributed by atoms with Gasteiger partial charge in [-0.1, -0.05) is 22.0 Å². The molecule has 0 aliphatic heterocycles. The predicted molar refractivity (Wildman–Crippen MR) is 48.1 cm³/mol. The summed E-state index contributed by atoms with van der Waals surface area (Å²) >= 11 is 3.09. The van der Waals surface area contributed by atoms with Crippen molar-refractivity contribution >= 4 is 15.9 Å². The molecule has 0 aliphatic rings. The Kier molecular flexibility index (Phi) is 2.67. The SMILES string of the molecule is [CH2]C(F)(F)c1ccc(Br)cc1C#N. The van der Waals surface area contributed by atoms with Crippen LogP contribution in [0, 0.1) is 18.3 Å². The third-order valence-corrected chi connectivity index (χ3v) is 1.99. The second-order valence-corrected chi connectivity index (χ2v) is 3.42. The lowest BCUT2D eigenvalue weighted by molar-refractivity contribution is 0.0483. The third-order valence-electron chi connectivity index (χ3n) is 1.50. The Morgan fingerprint density at radius 3 is 2.54 bits per heavy atom. The van der Waals surface area contributed by atoms with Gasteiger partial charge in [-0.3, -0.25) is 0 Å². The summed E-state index contributed by atoms with van der Waals surface area (Å²) in [5.41, 5.74) is -0.410. The quantitative estimate of drug-likeness (QED) is 0.744. The second-order valence-electron chi connectivity index (χ2n) is 2.51. The van der Waals surface area contributed by atoms with Crippen LogP contribution in [0.15, 0.2) is 22.7 Å². The van der Waals surface area contributed by atoms with Crippen LogP contribution >= 0.6 is 15.9 Å². The largest absolute Gasteiger partial charge is 0.274 e. The molecule has 0 N–H and O–H groups in total. The van der Waals surface area contributed by atoms with Crippen molar-refractivity contribution in [1.29, 1.82) is 5.26 Å². The molecule has 4 heteroatoms. The molecular formula is C9H5BrF2N. The first kappa shape index (κ1) is 10.1. The lowest BCUT2D eigenvalue weighted by Gasteiger charge is -2.11. The fourth-order valence-corrected chi connectivity index (χ4v) is 1.29. The van der Waals surface area contributed by atoms with Gasteiger partial charge in [0, 0.05) is 17.0 Å². The summed E-state index contributed by atoms with van der Waals surface area (Å²) in [4.78, 5) is 0. The van der Waals surface area contributed by atoms with E-state index in [0.717, 1.165) is 0 Å². The van der Waals surface area contributed by atoms with E-state index in [1.54, 1.807) is 6.07 Å². The summed E-state index contributed by atoms with van der Waals surface area (Å²) in [6.07, 6.45) is 0. The molecule has 0 atom stereocenters. The average Bonchev–Trinajstić information content (AvgIpc) is 2.01. The van der Waals surface area contributed by atoms with Gasteiger partial charge in [0.15, 0.2) is 0 Å². The zero-order valence-electron chi connectivity index (χ0n) is 6.52. The minimum Gasteiger partial charge on any atom is -0.201 e. The van der Waals surface area contributed by atoms with Crippen LogP contribution in [0.25, 0.3) is 0 Å². The zero-order valence-corrected chi connectivity index (χ0v) is 8.11. The Hall–Kier alpha value is -0.950. The van der Waals surface area contributed by atoms with Gasteiger partial charge >= 0.3 is 0 Å². The Morgan fingerprint density at radius 2 is 2.08 bits per heavy atom. The lowest BCUT2D eigenvalue weighted by atomic mass is 10.0. The molecule has 0 fully saturated rings. The standard InChI is InChI=1S/C9H5BrF2N/c1-9(11,12)8-3-2-7(10)4-6(8)5-13/h2-4H,1H2. The van der Waals surface area contributed by atoms with Gasteiger partial charge in [-0.25, -0.2) is 8.78 Å². The van der Waals surface area contributed by atoms with Crippen molar-refractivity contribution in [1.82, 2.24) is 0 Å². The van der Waals surface area contributed by atoms with Crippen LogP contribution in [-0.2, 0) is 5.92 Å². The molecule has 0 bridgehead atoms. The maximum atomic E-state index is 12.8. The van der Waals surface area contributed by atoms with E-state index in [-0.39, 0.29) is 11.1 Å². The van der Waals surface area contributed by atoms with E-state index in [9.17, 15) is 8.78 Å². The summed E-state index contributed by atoms with van der Waals surface area (Å²) in [7, 11) is 0. The van der Waals surface area contributed by atoms with Crippen LogP contribution in [0.5, 0.6) is 0 Å². The van der Waals surface area contributed by atoms with Crippen molar-refractivity contribution in [3.05, 3.63) is 40.7 Å². The predicted octanol–water partition coefficient (Wildman–Crippen LogP) is 3.25. The second kappa shape index (κ2) is 3.43. The first-order valence-electron chi connectivity index (χ1n) is 3.38. The molecule has 0 saturated heterocycles. The molecule has 0 unspecified atom stereocenters. The molecule has 0 aliphatic carbocycles. The molecule has 0 saturated carbocycles. The van der Waals surface area contributed by atoms with E-state index < -0.39 is 5.92 Å². The van der Waals surface area contributed by atoms with Gasteiger partial charge in [0.05, 0.1) is 11.6 Å². The highest BCUT2D eigenvalue weighted by Gasteiger charge is 2.27. The monoisotopic (exact) mass is 244 g/mol. The number of benzene rings is 1. The van der Waals surface area contributed by atoms with Crippen LogP contribution in [0.3, 0.4) is 0 Å². The number of nitrogens with zero attached hydrogens (tertiary/aromatic N) is 1. The van der Waals surface area contributed by atoms with Gasteiger partial charge in [0.25, 0.3) is 5.92 Å². The van der Waals surface area contributed by atoms with Crippen molar-refractivity contribution in [3.8, 4) is 6.07 Å². The number of rotatable bonds is 1. The highest BCUT2D eigenvalue weighted by atomic mass is 79.9. The van der Waals surface area contributed by atoms with Gasteiger partial charge in [-0.15, -0.1) is 0 Å². The first-order valence-corrected chi connectivity index (χ1v) is 4.18. The average molecular weight is 245 g/mol. The summed E-state index contributed by atoms with van der Waals surface area (Å²) in [5.74, 6) is -3.22. The molecule has 1 nitrogen and oxygen atoms in total. The number of alkyl halides is 2. The number of halogens is 3. The van der Waals surface area contributed by atoms with Gasteiger partial charge < -0.3 is 0 Å². The van der Waals surface area contributed by atoms with Crippen molar-refractivity contribution in [2.24, 2.45) is 0 Å². The highest BCUT2D eigenvalue weighted by Crippen LogP contribution is 2.30. The summed E-state index contributed by atoms with van der Waals surface area (Å²) in [6, 6.07) is 5.68. The third kappa shape index (κ3) is 2.25. The van der Waals surface area contributed by atoms with Crippen molar-refractivity contribution in [3.63, 3.8) is 0 Å². The lowest BCUT2D eigenvalue weighted by Crippen LogP contribution is -2.09. The molecule has 0 amide bonds. The van der Waals surface area contributed by atoms with Crippen LogP contribution in [0.1, 0.15) is 11.1 Å². The molecule has 1 aromatic rings. The maximum absolute atomic E-state index is 12.8. The van der Waals surface area contributed by atoms with Crippen molar-refractivity contribution in [2.75, 3.05) is 0 Å². The van der Waals surface area contributed by atoms with Crippen LogP contribution in [0.4, 0.5) is 8.78 Å². The van der Waals surface area contributed by atoms with Gasteiger partial charge in [0.1, 0.15) is 0 Å². The maximum Gasteiger partial charge on any atom is 0.274 e. The van der Waals surface area contributed by atoms with E-state index in [2.05, 4.69) is 22.9 Å². The van der Waals surface area contributed by atoms with Gasteiger partial charge in [-0.2, -0.15) is 5.26 Å². The minimum absolute atomic E-state index is 0.0608. The van der Waals surface area contributed by atoms with E-state index in [1.165, 1.54) is 18.2 Å². The molecule has 1 rings (SSSR count). The summed E-state index contributed by atoms with van der Waals surface area (Å²) in [6.45, 7) is 2.68. The van der Waals surface area contributed by atoms with Crippen molar-refractivity contribution in [2.45, 2.75) is 5.92 Å². The molecule has 0 spiro atoms. The number of nitriles is 1. The molecule has 0 aromatic heterocycles. The highest BCUT2D eigenvalue weighted by molar-refractivity contribution is 9.10. The van der Waals surface area contributed by atoms with Crippen LogP contribution < -0.4 is 0 Å². The smallest absolute Gasteiger partial charge is 0.201 e. The summed E-state index contributed by atoms with van der Waals surface area (Å²) in [5, 5.41) is 8.57. The fraction of sp³-hybridized carbons (Fsp3) is 0.111. The molecule has 0 heterocycles. The zero-order chi connectivity index (χ0) is 10.1. The van der Waals surface area contributed by atoms with Gasteiger partial charge in [-0.05, 0) is 12.1 Å². The Balaban J connectivity index is 3.32. The Morgan fingerprint density at radius 1 is 1.46 bits per heavy atom. The van der Waals surface area contributed by atoms with Gasteiger partial charge in [0.2, 0.25) is 0 Å². The molecule has 13 heavy (non-hydrogen) atoms. The first-order chi connectivity index (χ1) is 5.95.